The molecule has 0 bridgehead atoms. The van der Waals surface area contributed by atoms with Crippen molar-refractivity contribution in [3.63, 3.8) is 0 Å². The molecule has 0 amide bonds. The van der Waals surface area contributed by atoms with Crippen molar-refractivity contribution in [1.82, 2.24) is 0 Å². The van der Waals surface area contributed by atoms with Gasteiger partial charge in [-0.1, -0.05) is 250 Å². The molecule has 73 heavy (non-hydrogen) atoms. The first kappa shape index (κ1) is 44.2. The average Bonchev–Trinajstić information content (AvgIpc) is 3.87. The zero-order chi connectivity index (χ0) is 49.2. The molecule has 1 spiro atoms. The lowest BCUT2D eigenvalue weighted by Crippen LogP contribution is -2.41. The molecule has 348 valence electrons. The van der Waals surface area contributed by atoms with E-state index in [1.54, 1.807) is 0 Å². The summed E-state index contributed by atoms with van der Waals surface area (Å²) in [5.41, 5.74) is 23.7. The first-order valence-electron chi connectivity index (χ1n) is 25.7. The van der Waals surface area contributed by atoms with Crippen molar-refractivity contribution in [3.8, 4) is 44.5 Å². The maximum atomic E-state index is 2.59. The lowest BCUT2D eigenvalue weighted by Gasteiger charge is -2.47. The second-order valence-electron chi connectivity index (χ2n) is 20.3. The van der Waals surface area contributed by atoms with Gasteiger partial charge in [0.05, 0.1) is 10.8 Å². The quantitative estimate of drug-likeness (QED) is 0.130. The van der Waals surface area contributed by atoms with Gasteiger partial charge in [0.15, 0.2) is 0 Å². The molecule has 0 N–H and O–H groups in total. The Labute approximate surface area is 430 Å². The molecular weight excluding hydrogens is 879 g/mol. The van der Waals surface area contributed by atoms with E-state index in [0.717, 1.165) is 17.1 Å². The van der Waals surface area contributed by atoms with Crippen LogP contribution in [0.2, 0.25) is 0 Å². The molecule has 10 aromatic rings. The van der Waals surface area contributed by atoms with Gasteiger partial charge in [-0.15, -0.1) is 0 Å². The molecule has 3 aliphatic rings. The summed E-state index contributed by atoms with van der Waals surface area (Å²) < 4.78 is 0. The van der Waals surface area contributed by atoms with Crippen LogP contribution in [0.5, 0.6) is 0 Å². The van der Waals surface area contributed by atoms with Gasteiger partial charge >= 0.3 is 0 Å². The summed E-state index contributed by atoms with van der Waals surface area (Å²) in [6.45, 7) is 6.82. The topological polar surface area (TPSA) is 3.24 Å². The predicted octanol–water partition coefficient (Wildman–Crippen LogP) is 18.5. The second-order valence-corrected chi connectivity index (χ2v) is 20.3. The third kappa shape index (κ3) is 6.83. The first-order chi connectivity index (χ1) is 35.9. The summed E-state index contributed by atoms with van der Waals surface area (Å²) in [6.07, 6.45) is 11.5. The zero-order valence-corrected chi connectivity index (χ0v) is 41.5. The lowest BCUT2D eigenvalue weighted by atomic mass is 9.54. The van der Waals surface area contributed by atoms with Crippen molar-refractivity contribution < 1.29 is 0 Å². The Bertz CT molecular complexity index is 3780. The Morgan fingerprint density at radius 3 is 1.53 bits per heavy atom. The molecule has 1 nitrogen and oxygen atoms in total. The molecule has 10 aromatic carbocycles. The van der Waals surface area contributed by atoms with E-state index >= 15 is 0 Å². The third-order valence-electron chi connectivity index (χ3n) is 16.1. The Kier molecular flexibility index (Phi) is 10.6. The van der Waals surface area contributed by atoms with Gasteiger partial charge in [0.25, 0.3) is 0 Å². The minimum Gasteiger partial charge on any atom is -0.310 e. The van der Waals surface area contributed by atoms with Gasteiger partial charge in [0.1, 0.15) is 0 Å². The first-order valence-corrected chi connectivity index (χ1v) is 25.7. The van der Waals surface area contributed by atoms with Crippen LogP contribution in [0, 0.1) is 0 Å². The molecule has 0 saturated carbocycles. The van der Waals surface area contributed by atoms with Gasteiger partial charge in [0, 0.05) is 22.5 Å². The van der Waals surface area contributed by atoms with Gasteiger partial charge in [-0.3, -0.25) is 0 Å². The highest BCUT2D eigenvalue weighted by molar-refractivity contribution is 5.92. The van der Waals surface area contributed by atoms with Crippen molar-refractivity contribution in [2.24, 2.45) is 0 Å². The second kappa shape index (κ2) is 17.5. The van der Waals surface area contributed by atoms with Gasteiger partial charge < -0.3 is 4.90 Å². The van der Waals surface area contributed by atoms with Crippen molar-refractivity contribution >= 4 is 17.1 Å². The minimum absolute atomic E-state index is 0.130. The van der Waals surface area contributed by atoms with E-state index in [0.29, 0.717) is 0 Å². The fourth-order valence-corrected chi connectivity index (χ4v) is 12.8. The number of anilines is 3. The summed E-state index contributed by atoms with van der Waals surface area (Å²) in [6, 6.07) is 92.7. The normalized spacial score (nSPS) is 16.4. The number of benzene rings is 10. The predicted molar refractivity (Wildman–Crippen MR) is 306 cm³/mol. The Morgan fingerprint density at radius 1 is 0.342 bits per heavy atom. The van der Waals surface area contributed by atoms with Crippen LogP contribution in [0.3, 0.4) is 0 Å². The number of allylic oxidation sites excluding steroid dienone is 6. The molecule has 0 aromatic heterocycles. The van der Waals surface area contributed by atoms with Crippen LogP contribution in [0.25, 0.3) is 44.5 Å². The largest absolute Gasteiger partial charge is 0.310 e. The van der Waals surface area contributed by atoms with Crippen LogP contribution in [-0.4, -0.2) is 0 Å². The molecule has 0 heterocycles. The highest BCUT2D eigenvalue weighted by Gasteiger charge is 2.54. The lowest BCUT2D eigenvalue weighted by molar-refractivity contribution is 0.651. The molecule has 1 atom stereocenters. The zero-order valence-electron chi connectivity index (χ0n) is 41.5. The number of rotatable bonds is 9. The van der Waals surface area contributed by atoms with Gasteiger partial charge in [0.2, 0.25) is 0 Å². The molecular formula is C72H55N. The molecule has 0 radical (unpaired) electrons. The van der Waals surface area contributed by atoms with Crippen molar-refractivity contribution in [1.29, 1.82) is 0 Å². The minimum atomic E-state index is -0.592. The van der Waals surface area contributed by atoms with E-state index in [-0.39, 0.29) is 5.41 Å². The number of fused-ring (bicyclic) bond motifs is 10. The third-order valence-corrected chi connectivity index (χ3v) is 16.1. The average molecular weight is 934 g/mol. The highest BCUT2D eigenvalue weighted by Crippen LogP contribution is 2.63. The number of nitrogens with zero attached hydrogens (tertiary/aromatic N) is 1. The molecule has 0 fully saturated rings. The van der Waals surface area contributed by atoms with Gasteiger partial charge in [-0.25, -0.2) is 0 Å². The summed E-state index contributed by atoms with van der Waals surface area (Å²) in [4.78, 5) is 2.43. The fourth-order valence-electron chi connectivity index (χ4n) is 12.8. The molecule has 1 heteroatoms. The van der Waals surface area contributed by atoms with E-state index < -0.39 is 10.8 Å². The Morgan fingerprint density at radius 2 is 0.836 bits per heavy atom. The van der Waals surface area contributed by atoms with Crippen molar-refractivity contribution in [2.75, 3.05) is 4.90 Å². The van der Waals surface area contributed by atoms with E-state index in [9.17, 15) is 0 Å². The van der Waals surface area contributed by atoms with Crippen LogP contribution in [0.1, 0.15) is 65.3 Å². The SMILES string of the molecule is C/C=C\C=C/C1=CC(c2ccccc2)(c2ccccc2)c2ccccc2C12c1ccccc1-c1ccc(-c3ccc(N(c4cccc(-c5ccccc5)c4)c4ccc5c(c4)C(C)(C)c4ccccc4-5)cc3)cc12. The fraction of sp³-hybridized carbons (Fsp3) is 0.0833. The van der Waals surface area contributed by atoms with E-state index in [1.165, 1.54) is 94.6 Å². The Balaban J connectivity index is 0.982. The summed E-state index contributed by atoms with van der Waals surface area (Å²) in [5, 5.41) is 0. The van der Waals surface area contributed by atoms with E-state index in [1.807, 2.05) is 0 Å². The smallest absolute Gasteiger partial charge is 0.0714 e. The number of hydrogen-bond acceptors (Lipinski definition) is 1. The highest BCUT2D eigenvalue weighted by atomic mass is 15.1. The van der Waals surface area contributed by atoms with Crippen LogP contribution >= 0.6 is 0 Å². The molecule has 0 aliphatic heterocycles. The van der Waals surface area contributed by atoms with Gasteiger partial charge in [-0.2, -0.15) is 0 Å². The van der Waals surface area contributed by atoms with Crippen LogP contribution in [0.15, 0.2) is 285 Å². The van der Waals surface area contributed by atoms with Crippen LogP contribution in [0.4, 0.5) is 17.1 Å². The maximum Gasteiger partial charge on any atom is 0.0714 e. The Hall–Kier alpha value is -8.78. The summed E-state index contributed by atoms with van der Waals surface area (Å²) >= 11 is 0. The standard InChI is InChI=1S/C72H55N/c1-4-5-9-30-56-49-71(54-26-12-7-13-27-54,55-28-14-8-15-29-55)66-36-20-21-37-67(66)72(56)65-35-19-17-33-61(65)63-44-40-53(47-69(63)72)51-38-41-57(42-39-51)73(58-31-22-25-52(46-58)50-23-10-6-11-24-50)59-43-45-62-60-32-16-18-34-64(60)70(2,3)68(62)48-59/h4-49H,1-3H3/b5-4-,30-9-. The molecule has 0 saturated heterocycles. The monoisotopic (exact) mass is 933 g/mol. The maximum absolute atomic E-state index is 2.59. The van der Waals surface area contributed by atoms with Gasteiger partial charge in [-0.05, 0) is 144 Å². The van der Waals surface area contributed by atoms with Crippen molar-refractivity contribution in [2.45, 2.75) is 37.0 Å². The molecule has 1 unspecified atom stereocenters. The van der Waals surface area contributed by atoms with E-state index in [4.69, 9.17) is 0 Å². The summed E-state index contributed by atoms with van der Waals surface area (Å²) in [7, 11) is 0. The molecule has 3 aliphatic carbocycles. The number of hydrogen-bond donors (Lipinski definition) is 0. The van der Waals surface area contributed by atoms with Crippen molar-refractivity contribution in [3.05, 3.63) is 329 Å². The molecule has 13 rings (SSSR count). The van der Waals surface area contributed by atoms with Crippen LogP contribution < -0.4 is 4.90 Å². The summed E-state index contributed by atoms with van der Waals surface area (Å²) in [5.74, 6) is 0. The van der Waals surface area contributed by atoms with Crippen LogP contribution in [-0.2, 0) is 16.2 Å². The van der Waals surface area contributed by atoms with E-state index in [2.05, 4.69) is 305 Å².